The van der Waals surface area contributed by atoms with E-state index in [1.165, 1.54) is 38.8 Å². The lowest BCUT2D eigenvalue weighted by atomic mass is 9.83. The molecule has 1 heteroatoms. The third-order valence-electron chi connectivity index (χ3n) is 3.78. The van der Waals surface area contributed by atoms with Crippen LogP contribution in [-0.2, 0) is 0 Å². The topological polar surface area (TPSA) is 3.24 Å². The van der Waals surface area contributed by atoms with Crippen molar-refractivity contribution in [3.05, 3.63) is 0 Å². The van der Waals surface area contributed by atoms with Crippen LogP contribution in [0.5, 0.6) is 0 Å². The minimum atomic E-state index is 0.639. The van der Waals surface area contributed by atoms with Crippen molar-refractivity contribution in [1.82, 2.24) is 4.90 Å². The highest BCUT2D eigenvalue weighted by Crippen LogP contribution is 2.43. The number of rotatable bonds is 1. The van der Waals surface area contributed by atoms with Gasteiger partial charge in [-0.3, -0.25) is 4.90 Å². The standard InChI is InChI=1S/C10H19N.C2H6/c1-9(2)10-5-3-7-11(10)8-4-6-10;1-2/h9H,3-8H2,1-2H3;1-2H3. The van der Waals surface area contributed by atoms with E-state index in [2.05, 4.69) is 18.7 Å². The second-order valence-corrected chi connectivity index (χ2v) is 4.45. The minimum Gasteiger partial charge on any atom is -0.297 e. The van der Waals surface area contributed by atoms with Crippen LogP contribution in [0.25, 0.3) is 0 Å². The minimum absolute atomic E-state index is 0.639. The highest BCUT2D eigenvalue weighted by Gasteiger charge is 2.45. The van der Waals surface area contributed by atoms with E-state index < -0.39 is 0 Å². The largest absolute Gasteiger partial charge is 0.297 e. The molecule has 0 unspecified atom stereocenters. The fourth-order valence-electron chi connectivity index (χ4n) is 3.09. The van der Waals surface area contributed by atoms with Crippen molar-refractivity contribution in [2.75, 3.05) is 13.1 Å². The smallest absolute Gasteiger partial charge is 0.0233 e. The Morgan fingerprint density at radius 3 is 1.77 bits per heavy atom. The van der Waals surface area contributed by atoms with Crippen molar-refractivity contribution < 1.29 is 0 Å². The zero-order valence-corrected chi connectivity index (χ0v) is 9.77. The molecule has 0 N–H and O–H groups in total. The van der Waals surface area contributed by atoms with E-state index in [4.69, 9.17) is 0 Å². The average Bonchev–Trinajstić information content (AvgIpc) is 2.64. The number of hydrogen-bond donors (Lipinski definition) is 0. The molecule has 2 heterocycles. The van der Waals surface area contributed by atoms with E-state index in [-0.39, 0.29) is 0 Å². The lowest BCUT2D eigenvalue weighted by Crippen LogP contribution is -2.42. The van der Waals surface area contributed by atoms with Crippen molar-refractivity contribution in [3.63, 3.8) is 0 Å². The Labute approximate surface area is 83.5 Å². The zero-order valence-electron chi connectivity index (χ0n) is 9.77. The van der Waals surface area contributed by atoms with Gasteiger partial charge in [-0.1, -0.05) is 27.7 Å². The molecular weight excluding hydrogens is 158 g/mol. The molecule has 2 aliphatic rings. The first kappa shape index (κ1) is 11.0. The molecule has 0 atom stereocenters. The molecule has 0 bridgehead atoms. The number of fused-ring (bicyclic) bond motifs is 1. The monoisotopic (exact) mass is 183 g/mol. The van der Waals surface area contributed by atoms with Gasteiger partial charge in [0.15, 0.2) is 0 Å². The Balaban J connectivity index is 0.000000396. The van der Waals surface area contributed by atoms with E-state index in [0.29, 0.717) is 5.54 Å². The molecule has 0 aromatic rings. The SMILES string of the molecule is CC.CC(C)C12CCCN1CCC2. The Morgan fingerprint density at radius 1 is 1.00 bits per heavy atom. The molecule has 1 nitrogen and oxygen atoms in total. The molecule has 78 valence electrons. The van der Waals surface area contributed by atoms with Gasteiger partial charge >= 0.3 is 0 Å². The van der Waals surface area contributed by atoms with Gasteiger partial charge in [-0.2, -0.15) is 0 Å². The maximum Gasteiger partial charge on any atom is 0.0233 e. The molecule has 0 amide bonds. The summed E-state index contributed by atoms with van der Waals surface area (Å²) in [5.74, 6) is 0.868. The van der Waals surface area contributed by atoms with Gasteiger partial charge in [0.2, 0.25) is 0 Å². The summed E-state index contributed by atoms with van der Waals surface area (Å²) in [7, 11) is 0. The van der Waals surface area contributed by atoms with Crippen molar-refractivity contribution >= 4 is 0 Å². The van der Waals surface area contributed by atoms with Crippen LogP contribution < -0.4 is 0 Å². The molecule has 2 rings (SSSR count). The molecule has 0 saturated carbocycles. The van der Waals surface area contributed by atoms with E-state index in [9.17, 15) is 0 Å². The zero-order chi connectivity index (χ0) is 9.90. The van der Waals surface area contributed by atoms with Crippen LogP contribution in [0.1, 0.15) is 53.4 Å². The Kier molecular flexibility index (Phi) is 3.78. The quantitative estimate of drug-likeness (QED) is 0.603. The van der Waals surface area contributed by atoms with Gasteiger partial charge in [0.1, 0.15) is 0 Å². The first-order valence-electron chi connectivity index (χ1n) is 6.01. The first-order chi connectivity index (χ1) is 6.26. The normalized spacial score (nSPS) is 25.6. The summed E-state index contributed by atoms with van der Waals surface area (Å²) in [5.41, 5.74) is 0.639. The summed E-state index contributed by atoms with van der Waals surface area (Å²) >= 11 is 0. The Hall–Kier alpha value is -0.0400. The van der Waals surface area contributed by atoms with Gasteiger partial charge in [-0.15, -0.1) is 0 Å². The summed E-state index contributed by atoms with van der Waals surface area (Å²) in [6, 6.07) is 0. The lowest BCUT2D eigenvalue weighted by molar-refractivity contribution is 0.136. The second-order valence-electron chi connectivity index (χ2n) is 4.45. The summed E-state index contributed by atoms with van der Waals surface area (Å²) in [6.07, 6.45) is 5.81. The van der Waals surface area contributed by atoms with Crippen molar-refractivity contribution in [3.8, 4) is 0 Å². The van der Waals surface area contributed by atoms with Gasteiger partial charge < -0.3 is 0 Å². The van der Waals surface area contributed by atoms with Gasteiger partial charge in [0.05, 0.1) is 0 Å². The van der Waals surface area contributed by atoms with E-state index >= 15 is 0 Å². The molecule has 0 spiro atoms. The molecular formula is C12H25N. The van der Waals surface area contributed by atoms with Crippen LogP contribution >= 0.6 is 0 Å². The summed E-state index contributed by atoms with van der Waals surface area (Å²) in [4.78, 5) is 2.73. The highest BCUT2D eigenvalue weighted by atomic mass is 15.2. The predicted octanol–water partition coefficient (Wildman–Crippen LogP) is 3.30. The van der Waals surface area contributed by atoms with Crippen LogP contribution in [-0.4, -0.2) is 23.5 Å². The molecule has 2 saturated heterocycles. The summed E-state index contributed by atoms with van der Waals surface area (Å²) < 4.78 is 0. The van der Waals surface area contributed by atoms with Crippen LogP contribution in [0.4, 0.5) is 0 Å². The summed E-state index contributed by atoms with van der Waals surface area (Å²) in [5, 5.41) is 0. The maximum absolute atomic E-state index is 2.73. The van der Waals surface area contributed by atoms with Gasteiger partial charge in [-0.25, -0.2) is 0 Å². The molecule has 0 radical (unpaired) electrons. The summed E-state index contributed by atoms with van der Waals surface area (Å²) in [6.45, 7) is 11.5. The van der Waals surface area contributed by atoms with Crippen molar-refractivity contribution in [1.29, 1.82) is 0 Å². The second kappa shape index (κ2) is 4.45. The van der Waals surface area contributed by atoms with Crippen molar-refractivity contribution in [2.24, 2.45) is 5.92 Å². The fraction of sp³-hybridized carbons (Fsp3) is 1.00. The molecule has 2 aliphatic heterocycles. The maximum atomic E-state index is 2.73. The number of nitrogens with zero attached hydrogens (tertiary/aromatic N) is 1. The number of hydrogen-bond acceptors (Lipinski definition) is 1. The molecule has 0 aromatic heterocycles. The Bertz CT molecular complexity index is 141. The fourth-order valence-corrected chi connectivity index (χ4v) is 3.09. The third kappa shape index (κ3) is 1.76. The van der Waals surface area contributed by atoms with Crippen LogP contribution in [0.2, 0.25) is 0 Å². The van der Waals surface area contributed by atoms with Crippen molar-refractivity contribution in [2.45, 2.75) is 58.9 Å². The van der Waals surface area contributed by atoms with Crippen LogP contribution in [0.3, 0.4) is 0 Å². The van der Waals surface area contributed by atoms with E-state index in [0.717, 1.165) is 5.92 Å². The molecule has 13 heavy (non-hydrogen) atoms. The predicted molar refractivity (Wildman–Crippen MR) is 59.0 cm³/mol. The van der Waals surface area contributed by atoms with Gasteiger partial charge in [0, 0.05) is 5.54 Å². The van der Waals surface area contributed by atoms with Gasteiger partial charge in [-0.05, 0) is 44.7 Å². The molecule has 2 fully saturated rings. The van der Waals surface area contributed by atoms with Crippen LogP contribution in [0.15, 0.2) is 0 Å². The third-order valence-corrected chi connectivity index (χ3v) is 3.78. The highest BCUT2D eigenvalue weighted by molar-refractivity contribution is 5.01. The molecule has 0 aromatic carbocycles. The lowest BCUT2D eigenvalue weighted by Gasteiger charge is -2.36. The Morgan fingerprint density at radius 2 is 1.46 bits per heavy atom. The first-order valence-corrected chi connectivity index (χ1v) is 6.01. The van der Waals surface area contributed by atoms with E-state index in [1.807, 2.05) is 13.8 Å². The van der Waals surface area contributed by atoms with E-state index in [1.54, 1.807) is 0 Å². The average molecular weight is 183 g/mol. The van der Waals surface area contributed by atoms with Crippen LogP contribution in [0, 0.1) is 5.92 Å². The molecule has 0 aliphatic carbocycles. The van der Waals surface area contributed by atoms with Gasteiger partial charge in [0.25, 0.3) is 0 Å².